The number of hydrogen-bond acceptors (Lipinski definition) is 5. The summed E-state index contributed by atoms with van der Waals surface area (Å²) in [5.74, 6) is 0.910. The van der Waals surface area contributed by atoms with Crippen LogP contribution < -0.4 is 5.32 Å². The van der Waals surface area contributed by atoms with Gasteiger partial charge in [-0.15, -0.1) is 0 Å². The standard InChI is InChI=1S/C9H16N2O3S/c1-4-10-6-9-11-5-8(14-9)7(2)15(3,12)13/h5,7,10H,4,6H2,1-3H3. The average Bonchev–Trinajstić information content (AvgIpc) is 2.60. The van der Waals surface area contributed by atoms with E-state index in [2.05, 4.69) is 10.3 Å². The van der Waals surface area contributed by atoms with Gasteiger partial charge < -0.3 is 9.73 Å². The molecular weight excluding hydrogens is 216 g/mol. The molecule has 0 aliphatic rings. The summed E-state index contributed by atoms with van der Waals surface area (Å²) in [6, 6.07) is 0. The molecule has 0 fully saturated rings. The van der Waals surface area contributed by atoms with Crippen LogP contribution in [0.25, 0.3) is 0 Å². The Labute approximate surface area is 89.8 Å². The van der Waals surface area contributed by atoms with Crippen LogP contribution in [0.5, 0.6) is 0 Å². The lowest BCUT2D eigenvalue weighted by atomic mass is 10.4. The predicted molar refractivity (Wildman–Crippen MR) is 57.1 cm³/mol. The molecule has 0 radical (unpaired) electrons. The minimum absolute atomic E-state index is 0.394. The highest BCUT2D eigenvalue weighted by molar-refractivity contribution is 7.90. The second kappa shape index (κ2) is 4.76. The van der Waals surface area contributed by atoms with E-state index in [1.54, 1.807) is 6.92 Å². The zero-order chi connectivity index (χ0) is 11.5. The van der Waals surface area contributed by atoms with E-state index in [0.29, 0.717) is 18.2 Å². The zero-order valence-corrected chi connectivity index (χ0v) is 9.97. The van der Waals surface area contributed by atoms with Crippen LogP contribution in [-0.2, 0) is 16.4 Å². The molecule has 86 valence electrons. The van der Waals surface area contributed by atoms with Crippen molar-refractivity contribution >= 4 is 9.84 Å². The van der Waals surface area contributed by atoms with E-state index in [0.717, 1.165) is 6.54 Å². The molecule has 0 saturated carbocycles. The molecule has 1 unspecified atom stereocenters. The van der Waals surface area contributed by atoms with Crippen molar-refractivity contribution in [2.75, 3.05) is 12.8 Å². The fourth-order valence-electron chi connectivity index (χ4n) is 1.04. The molecule has 0 aromatic carbocycles. The number of hydrogen-bond donors (Lipinski definition) is 1. The highest BCUT2D eigenvalue weighted by Crippen LogP contribution is 2.21. The predicted octanol–water partition coefficient (Wildman–Crippen LogP) is 0.890. The van der Waals surface area contributed by atoms with Gasteiger partial charge in [-0.1, -0.05) is 6.92 Å². The lowest BCUT2D eigenvalue weighted by molar-refractivity contribution is 0.436. The van der Waals surface area contributed by atoms with Crippen LogP contribution >= 0.6 is 0 Å². The van der Waals surface area contributed by atoms with E-state index >= 15 is 0 Å². The van der Waals surface area contributed by atoms with Crippen molar-refractivity contribution in [3.8, 4) is 0 Å². The zero-order valence-electron chi connectivity index (χ0n) is 9.15. The van der Waals surface area contributed by atoms with Gasteiger partial charge in [-0.3, -0.25) is 0 Å². The molecule has 1 N–H and O–H groups in total. The summed E-state index contributed by atoms with van der Waals surface area (Å²) in [7, 11) is -3.12. The van der Waals surface area contributed by atoms with Crippen molar-refractivity contribution in [2.45, 2.75) is 25.6 Å². The molecule has 0 aliphatic carbocycles. The summed E-state index contributed by atoms with van der Waals surface area (Å²) in [5, 5.41) is 2.41. The van der Waals surface area contributed by atoms with Crippen molar-refractivity contribution in [1.29, 1.82) is 0 Å². The summed E-state index contributed by atoms with van der Waals surface area (Å²) in [6.45, 7) is 4.90. The lowest BCUT2D eigenvalue weighted by Gasteiger charge is -2.04. The Morgan fingerprint density at radius 1 is 1.60 bits per heavy atom. The third-order valence-electron chi connectivity index (χ3n) is 2.14. The third-order valence-corrected chi connectivity index (χ3v) is 3.66. The van der Waals surface area contributed by atoms with Gasteiger partial charge in [0.15, 0.2) is 9.84 Å². The first-order valence-corrected chi connectivity index (χ1v) is 6.74. The summed E-state index contributed by atoms with van der Waals surface area (Å²) in [6.07, 6.45) is 2.66. The molecule has 1 atom stereocenters. The Morgan fingerprint density at radius 2 is 2.27 bits per heavy atom. The Hall–Kier alpha value is -0.880. The van der Waals surface area contributed by atoms with Gasteiger partial charge in [0.25, 0.3) is 0 Å². The molecule has 1 heterocycles. The van der Waals surface area contributed by atoms with Crippen molar-refractivity contribution in [1.82, 2.24) is 10.3 Å². The van der Waals surface area contributed by atoms with Crippen molar-refractivity contribution in [2.24, 2.45) is 0 Å². The van der Waals surface area contributed by atoms with Gasteiger partial charge in [-0.2, -0.15) is 0 Å². The van der Waals surface area contributed by atoms with E-state index in [1.165, 1.54) is 12.5 Å². The molecular formula is C9H16N2O3S. The minimum atomic E-state index is -3.12. The average molecular weight is 232 g/mol. The number of rotatable bonds is 5. The van der Waals surface area contributed by atoms with Crippen LogP contribution in [0.2, 0.25) is 0 Å². The van der Waals surface area contributed by atoms with Gasteiger partial charge in [0.2, 0.25) is 5.89 Å². The van der Waals surface area contributed by atoms with Crippen LogP contribution in [-0.4, -0.2) is 26.2 Å². The number of sulfone groups is 1. The topological polar surface area (TPSA) is 72.2 Å². The second-order valence-corrected chi connectivity index (χ2v) is 5.77. The molecule has 0 saturated heterocycles. The van der Waals surface area contributed by atoms with Crippen LogP contribution in [0.15, 0.2) is 10.6 Å². The monoisotopic (exact) mass is 232 g/mol. The van der Waals surface area contributed by atoms with Gasteiger partial charge >= 0.3 is 0 Å². The van der Waals surface area contributed by atoms with Crippen molar-refractivity contribution in [3.05, 3.63) is 17.8 Å². The maximum Gasteiger partial charge on any atom is 0.208 e. The first-order valence-electron chi connectivity index (χ1n) is 4.79. The molecule has 1 aromatic rings. The van der Waals surface area contributed by atoms with Crippen LogP contribution in [0.3, 0.4) is 0 Å². The van der Waals surface area contributed by atoms with Crippen LogP contribution in [0, 0.1) is 0 Å². The smallest absolute Gasteiger partial charge is 0.208 e. The number of oxazole rings is 1. The molecule has 0 aliphatic heterocycles. The highest BCUT2D eigenvalue weighted by atomic mass is 32.2. The van der Waals surface area contributed by atoms with Crippen molar-refractivity contribution < 1.29 is 12.8 Å². The quantitative estimate of drug-likeness (QED) is 0.816. The molecule has 0 amide bonds. The summed E-state index contributed by atoms with van der Waals surface area (Å²) < 4.78 is 27.8. The first-order chi connectivity index (χ1) is 6.95. The van der Waals surface area contributed by atoms with Gasteiger partial charge in [0.05, 0.1) is 12.7 Å². The fourth-order valence-corrected chi connectivity index (χ4v) is 1.57. The summed E-state index contributed by atoms with van der Waals surface area (Å²) in [4.78, 5) is 3.99. The summed E-state index contributed by atoms with van der Waals surface area (Å²) >= 11 is 0. The fraction of sp³-hybridized carbons (Fsp3) is 0.667. The van der Waals surface area contributed by atoms with Crippen molar-refractivity contribution in [3.63, 3.8) is 0 Å². The largest absolute Gasteiger partial charge is 0.443 e. The molecule has 1 rings (SSSR count). The van der Waals surface area contributed by atoms with Gasteiger partial charge in [-0.05, 0) is 13.5 Å². The van der Waals surface area contributed by atoms with Gasteiger partial charge in [0.1, 0.15) is 11.0 Å². The number of aromatic nitrogens is 1. The second-order valence-electron chi connectivity index (χ2n) is 3.41. The van der Waals surface area contributed by atoms with E-state index in [9.17, 15) is 8.42 Å². The number of nitrogens with one attached hydrogen (secondary N) is 1. The summed E-state index contributed by atoms with van der Waals surface area (Å²) in [5.41, 5.74) is 0. The SMILES string of the molecule is CCNCc1ncc(C(C)S(C)(=O)=O)o1. The van der Waals surface area contributed by atoms with E-state index in [4.69, 9.17) is 4.42 Å². The number of nitrogens with zero attached hydrogens (tertiary/aromatic N) is 1. The first kappa shape index (κ1) is 12.2. The van der Waals surface area contributed by atoms with E-state index in [-0.39, 0.29) is 0 Å². The molecule has 0 spiro atoms. The molecule has 6 heteroatoms. The Balaban J connectivity index is 2.76. The van der Waals surface area contributed by atoms with Gasteiger partial charge in [0, 0.05) is 6.26 Å². The molecule has 0 bridgehead atoms. The Bertz CT molecular complexity index is 411. The third kappa shape index (κ3) is 3.32. The Morgan fingerprint density at radius 3 is 2.80 bits per heavy atom. The van der Waals surface area contributed by atoms with Gasteiger partial charge in [-0.25, -0.2) is 13.4 Å². The van der Waals surface area contributed by atoms with Crippen LogP contribution in [0.4, 0.5) is 0 Å². The van der Waals surface area contributed by atoms with Crippen LogP contribution in [0.1, 0.15) is 30.7 Å². The lowest BCUT2D eigenvalue weighted by Crippen LogP contribution is -2.11. The van der Waals surface area contributed by atoms with E-state index < -0.39 is 15.1 Å². The van der Waals surface area contributed by atoms with E-state index in [1.807, 2.05) is 6.92 Å². The normalized spacial score (nSPS) is 14.1. The minimum Gasteiger partial charge on any atom is -0.443 e. The maximum atomic E-state index is 11.3. The maximum absolute atomic E-state index is 11.3. The molecule has 15 heavy (non-hydrogen) atoms. The highest BCUT2D eigenvalue weighted by Gasteiger charge is 2.21. The Kier molecular flexibility index (Phi) is 3.87. The molecule has 1 aromatic heterocycles. The molecule has 5 nitrogen and oxygen atoms in total.